The predicted octanol–water partition coefficient (Wildman–Crippen LogP) is 2.49. The maximum absolute atomic E-state index is 12.6. The number of H-pyrrole nitrogens is 1. The SMILES string of the molecule is CCCc1cc(C(=O)N(C)CC2Cc3ccccc3CN2C)n[nH]1. The number of nitrogens with zero attached hydrogens (tertiary/aromatic N) is 3. The maximum Gasteiger partial charge on any atom is 0.274 e. The van der Waals surface area contributed by atoms with Crippen LogP contribution < -0.4 is 0 Å². The molecule has 1 aliphatic rings. The van der Waals surface area contributed by atoms with Gasteiger partial charge >= 0.3 is 0 Å². The maximum atomic E-state index is 12.6. The molecule has 0 bridgehead atoms. The molecule has 1 amide bonds. The molecule has 1 aliphatic heterocycles. The van der Waals surface area contributed by atoms with Crippen LogP contribution in [0.25, 0.3) is 0 Å². The van der Waals surface area contributed by atoms with E-state index in [0.29, 0.717) is 18.3 Å². The van der Waals surface area contributed by atoms with Gasteiger partial charge in [-0.25, -0.2) is 0 Å². The van der Waals surface area contributed by atoms with E-state index in [1.54, 1.807) is 4.90 Å². The molecule has 2 heterocycles. The third-order valence-electron chi connectivity index (χ3n) is 4.82. The van der Waals surface area contributed by atoms with E-state index in [2.05, 4.69) is 53.3 Å². The zero-order chi connectivity index (χ0) is 17.1. The molecule has 1 aromatic heterocycles. The number of carbonyl (C=O) groups is 1. The molecule has 128 valence electrons. The fourth-order valence-corrected chi connectivity index (χ4v) is 3.39. The standard InChI is InChI=1S/C19H26N4O/c1-4-7-16-11-18(21-20-16)19(24)23(3)13-17-10-14-8-5-6-9-15(14)12-22(17)2/h5-6,8-9,11,17H,4,7,10,12-13H2,1-3H3,(H,20,21). The highest BCUT2D eigenvalue weighted by Crippen LogP contribution is 2.22. The molecule has 5 heteroatoms. The van der Waals surface area contributed by atoms with Gasteiger partial charge in [0.05, 0.1) is 0 Å². The Labute approximate surface area is 143 Å². The van der Waals surface area contributed by atoms with Crippen LogP contribution in [0.5, 0.6) is 0 Å². The van der Waals surface area contributed by atoms with E-state index < -0.39 is 0 Å². The molecular weight excluding hydrogens is 300 g/mol. The van der Waals surface area contributed by atoms with E-state index in [9.17, 15) is 4.79 Å². The van der Waals surface area contributed by atoms with Crippen molar-refractivity contribution in [1.29, 1.82) is 0 Å². The second-order valence-corrected chi connectivity index (χ2v) is 6.76. The number of rotatable bonds is 5. The number of aromatic nitrogens is 2. The van der Waals surface area contributed by atoms with Gasteiger partial charge in [0, 0.05) is 31.9 Å². The summed E-state index contributed by atoms with van der Waals surface area (Å²) in [6.45, 7) is 3.76. The minimum Gasteiger partial charge on any atom is -0.339 e. The fraction of sp³-hybridized carbons (Fsp3) is 0.474. The summed E-state index contributed by atoms with van der Waals surface area (Å²) in [4.78, 5) is 16.7. The van der Waals surface area contributed by atoms with Crippen molar-refractivity contribution >= 4 is 5.91 Å². The number of benzene rings is 1. The van der Waals surface area contributed by atoms with E-state index >= 15 is 0 Å². The topological polar surface area (TPSA) is 52.2 Å². The third kappa shape index (κ3) is 3.51. The molecule has 0 fully saturated rings. The number of hydrogen-bond donors (Lipinski definition) is 1. The number of aromatic amines is 1. The highest BCUT2D eigenvalue weighted by Gasteiger charge is 2.26. The van der Waals surface area contributed by atoms with Crippen LogP contribution in [0, 0.1) is 0 Å². The molecule has 2 aromatic rings. The second kappa shape index (κ2) is 7.18. The number of aryl methyl sites for hydroxylation is 1. The first kappa shape index (κ1) is 16.7. The summed E-state index contributed by atoms with van der Waals surface area (Å²) in [7, 11) is 4.00. The summed E-state index contributed by atoms with van der Waals surface area (Å²) in [6.07, 6.45) is 2.94. The molecule has 1 atom stereocenters. The van der Waals surface area contributed by atoms with Gasteiger partial charge in [0.15, 0.2) is 0 Å². The van der Waals surface area contributed by atoms with Crippen molar-refractivity contribution in [2.24, 2.45) is 0 Å². The van der Waals surface area contributed by atoms with E-state index in [1.807, 2.05) is 13.1 Å². The Morgan fingerprint density at radius 1 is 1.38 bits per heavy atom. The van der Waals surface area contributed by atoms with Crippen LogP contribution in [-0.4, -0.2) is 52.6 Å². The third-order valence-corrected chi connectivity index (χ3v) is 4.82. The molecule has 1 N–H and O–H groups in total. The summed E-state index contributed by atoms with van der Waals surface area (Å²) in [5, 5.41) is 7.13. The zero-order valence-electron chi connectivity index (χ0n) is 14.7. The number of amides is 1. The van der Waals surface area contributed by atoms with Gasteiger partial charge in [-0.05, 0) is 37.1 Å². The van der Waals surface area contributed by atoms with Gasteiger partial charge in [-0.1, -0.05) is 37.6 Å². The molecule has 0 radical (unpaired) electrons. The predicted molar refractivity (Wildman–Crippen MR) is 94.9 cm³/mol. The van der Waals surface area contributed by atoms with Gasteiger partial charge in [-0.3, -0.25) is 14.8 Å². The average Bonchev–Trinajstić information content (AvgIpc) is 3.03. The number of hydrogen-bond acceptors (Lipinski definition) is 3. The van der Waals surface area contributed by atoms with E-state index in [4.69, 9.17) is 0 Å². The van der Waals surface area contributed by atoms with Crippen LogP contribution in [0.3, 0.4) is 0 Å². The quantitative estimate of drug-likeness (QED) is 0.918. The number of nitrogens with one attached hydrogen (secondary N) is 1. The molecule has 1 unspecified atom stereocenters. The molecule has 0 saturated heterocycles. The van der Waals surface area contributed by atoms with Gasteiger partial charge in [0.2, 0.25) is 0 Å². The number of likely N-dealkylation sites (N-methyl/N-ethyl adjacent to an activating group) is 2. The lowest BCUT2D eigenvalue weighted by Gasteiger charge is -2.36. The Kier molecular flexibility index (Phi) is 5.00. The fourth-order valence-electron chi connectivity index (χ4n) is 3.39. The first-order chi connectivity index (χ1) is 11.6. The first-order valence-electron chi connectivity index (χ1n) is 8.65. The monoisotopic (exact) mass is 326 g/mol. The molecule has 0 spiro atoms. The van der Waals surface area contributed by atoms with Gasteiger partial charge in [0.1, 0.15) is 5.69 Å². The largest absolute Gasteiger partial charge is 0.339 e. The first-order valence-corrected chi connectivity index (χ1v) is 8.65. The summed E-state index contributed by atoms with van der Waals surface area (Å²) < 4.78 is 0. The Balaban J connectivity index is 1.65. The number of carbonyl (C=O) groups excluding carboxylic acids is 1. The van der Waals surface area contributed by atoms with Crippen molar-refractivity contribution in [1.82, 2.24) is 20.0 Å². The molecule has 0 saturated carbocycles. The van der Waals surface area contributed by atoms with E-state index in [1.165, 1.54) is 11.1 Å². The van der Waals surface area contributed by atoms with Crippen molar-refractivity contribution in [3.05, 3.63) is 52.8 Å². The molecule has 24 heavy (non-hydrogen) atoms. The Bertz CT molecular complexity index is 709. The molecule has 5 nitrogen and oxygen atoms in total. The van der Waals surface area contributed by atoms with Crippen molar-refractivity contribution in [2.75, 3.05) is 20.6 Å². The molecule has 0 aliphatic carbocycles. The van der Waals surface area contributed by atoms with Crippen molar-refractivity contribution in [3.63, 3.8) is 0 Å². The Morgan fingerprint density at radius 3 is 2.88 bits per heavy atom. The van der Waals surface area contributed by atoms with E-state index in [-0.39, 0.29) is 5.91 Å². The van der Waals surface area contributed by atoms with Crippen LogP contribution >= 0.6 is 0 Å². The van der Waals surface area contributed by atoms with Crippen molar-refractivity contribution in [2.45, 2.75) is 38.8 Å². The summed E-state index contributed by atoms with van der Waals surface area (Å²) >= 11 is 0. The Hall–Kier alpha value is -2.14. The van der Waals surface area contributed by atoms with Crippen LogP contribution in [0.2, 0.25) is 0 Å². The smallest absolute Gasteiger partial charge is 0.274 e. The van der Waals surface area contributed by atoms with E-state index in [0.717, 1.165) is 31.5 Å². The lowest BCUT2D eigenvalue weighted by molar-refractivity contribution is 0.0727. The van der Waals surface area contributed by atoms with Gasteiger partial charge in [-0.2, -0.15) is 5.10 Å². The molecular formula is C19H26N4O. The Morgan fingerprint density at radius 2 is 2.12 bits per heavy atom. The molecule has 3 rings (SSSR count). The minimum atomic E-state index is -0.0131. The number of fused-ring (bicyclic) bond motifs is 1. The highest BCUT2D eigenvalue weighted by atomic mass is 16.2. The minimum absolute atomic E-state index is 0.0131. The van der Waals surface area contributed by atoms with Gasteiger partial charge in [0.25, 0.3) is 5.91 Å². The van der Waals surface area contributed by atoms with Crippen LogP contribution in [0.15, 0.2) is 30.3 Å². The lowest BCUT2D eigenvalue weighted by atomic mass is 9.94. The lowest BCUT2D eigenvalue weighted by Crippen LogP contribution is -2.46. The van der Waals surface area contributed by atoms with Crippen LogP contribution in [0.4, 0.5) is 0 Å². The normalized spacial score (nSPS) is 17.5. The summed E-state index contributed by atoms with van der Waals surface area (Å²) in [6, 6.07) is 10.8. The summed E-state index contributed by atoms with van der Waals surface area (Å²) in [5.41, 5.74) is 4.32. The van der Waals surface area contributed by atoms with Crippen molar-refractivity contribution < 1.29 is 4.79 Å². The van der Waals surface area contributed by atoms with Crippen LogP contribution in [-0.2, 0) is 19.4 Å². The second-order valence-electron chi connectivity index (χ2n) is 6.76. The summed E-state index contributed by atoms with van der Waals surface area (Å²) in [5.74, 6) is -0.0131. The highest BCUT2D eigenvalue weighted by molar-refractivity contribution is 5.92. The van der Waals surface area contributed by atoms with Gasteiger partial charge < -0.3 is 4.90 Å². The van der Waals surface area contributed by atoms with Crippen LogP contribution in [0.1, 0.15) is 40.7 Å². The average molecular weight is 326 g/mol. The molecule has 1 aromatic carbocycles. The van der Waals surface area contributed by atoms with Gasteiger partial charge in [-0.15, -0.1) is 0 Å². The van der Waals surface area contributed by atoms with Crippen molar-refractivity contribution in [3.8, 4) is 0 Å². The zero-order valence-corrected chi connectivity index (χ0v) is 14.7.